The number of rotatable bonds is 5. The molecule has 0 aliphatic rings. The summed E-state index contributed by atoms with van der Waals surface area (Å²) in [4.78, 5) is 0. The highest BCUT2D eigenvalue weighted by Crippen LogP contribution is 1.83. The van der Waals surface area contributed by atoms with Crippen molar-refractivity contribution in [1.29, 1.82) is 0 Å². The van der Waals surface area contributed by atoms with Crippen molar-refractivity contribution in [2.75, 3.05) is 19.8 Å². The van der Waals surface area contributed by atoms with Crippen LogP contribution in [0.15, 0.2) is 0 Å². The molecular weight excluding hydrogens is 121 g/mol. The molecule has 0 aliphatic carbocycles. The molecule has 2 nitrogen and oxygen atoms in total. The summed E-state index contributed by atoms with van der Waals surface area (Å²) in [6.45, 7) is 2.17. The van der Waals surface area contributed by atoms with Gasteiger partial charge in [0.15, 0.2) is 0 Å². The summed E-state index contributed by atoms with van der Waals surface area (Å²) in [6, 6.07) is -0.357. The van der Waals surface area contributed by atoms with Crippen molar-refractivity contribution in [3.63, 3.8) is 0 Å². The molecule has 0 fully saturated rings. The van der Waals surface area contributed by atoms with Crippen molar-refractivity contribution in [3.05, 3.63) is 0 Å². The van der Waals surface area contributed by atoms with Crippen LogP contribution in [0.3, 0.4) is 0 Å². The van der Waals surface area contributed by atoms with Crippen LogP contribution in [0.25, 0.3) is 0 Å². The first-order chi connectivity index (χ1) is 4.35. The quantitative estimate of drug-likeness (QED) is 0.569. The fourth-order valence-corrected chi connectivity index (χ4v) is 0.516. The van der Waals surface area contributed by atoms with E-state index in [0.29, 0.717) is 0 Å². The molecular formula is C6H14FNO. The Labute approximate surface area is 55.1 Å². The summed E-state index contributed by atoms with van der Waals surface area (Å²) < 4.78 is 11.8. The topological polar surface area (TPSA) is 32.3 Å². The van der Waals surface area contributed by atoms with E-state index in [4.69, 9.17) is 5.11 Å². The molecule has 0 saturated carbocycles. The van der Waals surface area contributed by atoms with Crippen LogP contribution < -0.4 is 5.32 Å². The van der Waals surface area contributed by atoms with E-state index >= 15 is 0 Å². The van der Waals surface area contributed by atoms with E-state index in [2.05, 4.69) is 5.32 Å². The summed E-state index contributed by atoms with van der Waals surface area (Å²) in [7, 11) is 0. The van der Waals surface area contributed by atoms with Gasteiger partial charge in [-0.05, 0) is 13.0 Å². The van der Waals surface area contributed by atoms with Gasteiger partial charge in [0.1, 0.15) is 6.67 Å². The maximum atomic E-state index is 11.8. The predicted octanol–water partition coefficient (Wildman–Crippen LogP) is 0.316. The Morgan fingerprint density at radius 3 is 2.67 bits per heavy atom. The van der Waals surface area contributed by atoms with Gasteiger partial charge in [-0.1, -0.05) is 6.92 Å². The molecule has 0 aromatic carbocycles. The highest BCUT2D eigenvalue weighted by molar-refractivity contribution is 4.61. The van der Waals surface area contributed by atoms with Crippen molar-refractivity contribution >= 4 is 0 Å². The third-order valence-corrected chi connectivity index (χ3v) is 1.09. The second kappa shape index (κ2) is 5.98. The van der Waals surface area contributed by atoms with Crippen LogP contribution >= 0.6 is 0 Å². The molecule has 1 atom stereocenters. The minimum atomic E-state index is -0.490. The maximum Gasteiger partial charge on any atom is 0.107 e. The van der Waals surface area contributed by atoms with Gasteiger partial charge in [-0.15, -0.1) is 0 Å². The van der Waals surface area contributed by atoms with Crippen LogP contribution in [-0.2, 0) is 0 Å². The second-order valence-corrected chi connectivity index (χ2v) is 1.99. The average molecular weight is 135 g/mol. The smallest absolute Gasteiger partial charge is 0.107 e. The largest absolute Gasteiger partial charge is 0.395 e. The number of alkyl halides is 1. The summed E-state index contributed by atoms with van der Waals surface area (Å²) in [6.07, 6.45) is 0.969. The highest BCUT2D eigenvalue weighted by Gasteiger charge is 2.02. The predicted molar refractivity (Wildman–Crippen MR) is 35.1 cm³/mol. The molecule has 0 rings (SSSR count). The van der Waals surface area contributed by atoms with Crippen molar-refractivity contribution in [2.45, 2.75) is 19.4 Å². The molecule has 9 heavy (non-hydrogen) atoms. The Balaban J connectivity index is 3.09. The fourth-order valence-electron chi connectivity index (χ4n) is 0.516. The first kappa shape index (κ1) is 8.85. The highest BCUT2D eigenvalue weighted by atomic mass is 19.1. The lowest BCUT2D eigenvalue weighted by Crippen LogP contribution is -2.34. The fraction of sp³-hybridized carbons (Fsp3) is 1.00. The van der Waals surface area contributed by atoms with Crippen LogP contribution in [-0.4, -0.2) is 31.0 Å². The van der Waals surface area contributed by atoms with Crippen molar-refractivity contribution in [1.82, 2.24) is 5.32 Å². The standard InChI is InChI=1S/C6H14FNO/c1-2-3-8-6(4-7)5-9/h6,8-9H,2-5H2,1H3. The Kier molecular flexibility index (Phi) is 5.88. The van der Waals surface area contributed by atoms with Gasteiger partial charge in [0.25, 0.3) is 0 Å². The molecule has 0 aliphatic heterocycles. The third-order valence-electron chi connectivity index (χ3n) is 1.09. The van der Waals surface area contributed by atoms with E-state index in [0.717, 1.165) is 13.0 Å². The Hall–Kier alpha value is -0.150. The minimum Gasteiger partial charge on any atom is -0.395 e. The van der Waals surface area contributed by atoms with E-state index in [1.54, 1.807) is 0 Å². The van der Waals surface area contributed by atoms with E-state index in [1.807, 2.05) is 6.92 Å². The van der Waals surface area contributed by atoms with Crippen LogP contribution in [0.5, 0.6) is 0 Å². The van der Waals surface area contributed by atoms with Gasteiger partial charge in [0, 0.05) is 0 Å². The molecule has 0 bridgehead atoms. The molecule has 2 N–H and O–H groups in total. The summed E-state index contributed by atoms with van der Waals surface area (Å²) in [5.74, 6) is 0. The number of nitrogens with one attached hydrogen (secondary N) is 1. The van der Waals surface area contributed by atoms with Gasteiger partial charge in [0.2, 0.25) is 0 Å². The maximum absolute atomic E-state index is 11.8. The molecule has 0 radical (unpaired) electrons. The van der Waals surface area contributed by atoms with Gasteiger partial charge in [-0.3, -0.25) is 0 Å². The van der Waals surface area contributed by atoms with Crippen LogP contribution in [0.4, 0.5) is 4.39 Å². The van der Waals surface area contributed by atoms with Gasteiger partial charge < -0.3 is 10.4 Å². The van der Waals surface area contributed by atoms with E-state index in [-0.39, 0.29) is 12.6 Å². The second-order valence-electron chi connectivity index (χ2n) is 1.99. The number of hydrogen-bond donors (Lipinski definition) is 2. The summed E-state index contributed by atoms with van der Waals surface area (Å²) >= 11 is 0. The molecule has 0 aromatic heterocycles. The van der Waals surface area contributed by atoms with E-state index < -0.39 is 6.67 Å². The molecule has 0 saturated heterocycles. The van der Waals surface area contributed by atoms with Crippen molar-refractivity contribution < 1.29 is 9.50 Å². The number of hydrogen-bond acceptors (Lipinski definition) is 2. The molecule has 0 heterocycles. The van der Waals surface area contributed by atoms with E-state index in [1.165, 1.54) is 0 Å². The third kappa shape index (κ3) is 4.36. The average Bonchev–Trinajstić information content (AvgIpc) is 1.91. The SMILES string of the molecule is CCCNC(CO)CF. The zero-order chi connectivity index (χ0) is 7.11. The first-order valence-corrected chi connectivity index (χ1v) is 3.25. The first-order valence-electron chi connectivity index (χ1n) is 3.25. The zero-order valence-electron chi connectivity index (χ0n) is 5.73. The Morgan fingerprint density at radius 2 is 2.33 bits per heavy atom. The Morgan fingerprint density at radius 1 is 1.67 bits per heavy atom. The van der Waals surface area contributed by atoms with E-state index in [9.17, 15) is 4.39 Å². The lowest BCUT2D eigenvalue weighted by Gasteiger charge is -2.09. The zero-order valence-corrected chi connectivity index (χ0v) is 5.73. The molecule has 1 unspecified atom stereocenters. The monoisotopic (exact) mass is 135 g/mol. The number of aliphatic hydroxyl groups is 1. The number of aliphatic hydroxyl groups excluding tert-OH is 1. The van der Waals surface area contributed by atoms with Crippen LogP contribution in [0.1, 0.15) is 13.3 Å². The molecule has 0 aromatic rings. The molecule has 0 spiro atoms. The molecule has 0 amide bonds. The summed E-state index contributed by atoms with van der Waals surface area (Å²) in [5, 5.41) is 11.3. The minimum absolute atomic E-state index is 0.115. The van der Waals surface area contributed by atoms with Gasteiger partial charge in [0.05, 0.1) is 12.6 Å². The van der Waals surface area contributed by atoms with Gasteiger partial charge >= 0.3 is 0 Å². The van der Waals surface area contributed by atoms with Crippen molar-refractivity contribution in [3.8, 4) is 0 Å². The molecule has 3 heteroatoms. The van der Waals surface area contributed by atoms with Gasteiger partial charge in [-0.25, -0.2) is 4.39 Å². The lowest BCUT2D eigenvalue weighted by atomic mass is 10.3. The van der Waals surface area contributed by atoms with Crippen LogP contribution in [0, 0.1) is 0 Å². The molecule has 56 valence electrons. The normalized spacial score (nSPS) is 13.7. The Bertz CT molecular complexity index is 57.0. The van der Waals surface area contributed by atoms with Crippen LogP contribution in [0.2, 0.25) is 0 Å². The summed E-state index contributed by atoms with van der Waals surface area (Å²) in [5.41, 5.74) is 0. The lowest BCUT2D eigenvalue weighted by molar-refractivity contribution is 0.217. The number of halogens is 1. The van der Waals surface area contributed by atoms with Gasteiger partial charge in [-0.2, -0.15) is 0 Å². The van der Waals surface area contributed by atoms with Crippen molar-refractivity contribution in [2.24, 2.45) is 0 Å².